The average molecular weight is 422 g/mol. The molecule has 2 heterocycles. The van der Waals surface area contributed by atoms with Crippen LogP contribution in [0.3, 0.4) is 0 Å². The lowest BCUT2D eigenvalue weighted by molar-refractivity contribution is -0.434. The van der Waals surface area contributed by atoms with Crippen LogP contribution in [-0.2, 0) is 26.1 Å². The second-order valence-corrected chi connectivity index (χ2v) is 8.54. The number of nitrogens with one attached hydrogen (secondary N) is 1. The lowest BCUT2D eigenvalue weighted by Gasteiger charge is -2.39. The summed E-state index contributed by atoms with van der Waals surface area (Å²) in [5, 5.41) is 32.6. The lowest BCUT2D eigenvalue weighted by Crippen LogP contribution is -2.60. The SMILES string of the molecule is CC[N+]1=C(C)C(C)(C)c2cc(CC(=O)NC[C@H]3O[C@H](OC)[C@H](O)[C@@H](O)[C@@H]3O)ccc21. The third-order valence-electron chi connectivity index (χ3n) is 6.42. The Morgan fingerprint density at radius 2 is 1.93 bits per heavy atom. The molecule has 0 unspecified atom stereocenters. The fraction of sp³-hybridized carbons (Fsp3) is 0.636. The van der Waals surface area contributed by atoms with E-state index in [-0.39, 0.29) is 24.3 Å². The minimum absolute atomic E-state index is 0.00340. The Bertz CT molecular complexity index is 835. The highest BCUT2D eigenvalue weighted by Crippen LogP contribution is 2.39. The second-order valence-electron chi connectivity index (χ2n) is 8.54. The first-order valence-corrected chi connectivity index (χ1v) is 10.4. The second kappa shape index (κ2) is 8.72. The van der Waals surface area contributed by atoms with Crippen LogP contribution in [0.5, 0.6) is 0 Å². The standard InChI is InChI=1S/C22H32N2O6/c1-6-24-12(2)22(3,4)14-9-13(7-8-15(14)24)10-17(25)23-11-16-18(26)19(27)20(28)21(29-5)30-16/h7-9,16,18-21,26-28H,6,10-11H2,1-5H3/p+1/t16-,18-,19+,20-,21+/m1/s1. The molecule has 1 aromatic carbocycles. The number of carbonyl (C=O) groups is 1. The van der Waals surface area contributed by atoms with Crippen LogP contribution in [0, 0.1) is 0 Å². The van der Waals surface area contributed by atoms with E-state index in [1.54, 1.807) is 0 Å². The summed E-state index contributed by atoms with van der Waals surface area (Å²) in [7, 11) is 1.34. The molecule has 0 spiro atoms. The van der Waals surface area contributed by atoms with Crippen molar-refractivity contribution in [2.45, 2.75) is 70.2 Å². The Labute approximate surface area is 177 Å². The average Bonchev–Trinajstić information content (AvgIpc) is 2.91. The van der Waals surface area contributed by atoms with Gasteiger partial charge in [0.25, 0.3) is 0 Å². The van der Waals surface area contributed by atoms with Crippen molar-refractivity contribution in [1.29, 1.82) is 0 Å². The highest BCUT2D eigenvalue weighted by atomic mass is 16.7. The maximum absolute atomic E-state index is 12.5. The van der Waals surface area contributed by atoms with Gasteiger partial charge >= 0.3 is 0 Å². The maximum Gasteiger partial charge on any atom is 0.224 e. The van der Waals surface area contributed by atoms with Crippen molar-refractivity contribution in [1.82, 2.24) is 5.32 Å². The van der Waals surface area contributed by atoms with E-state index in [4.69, 9.17) is 9.47 Å². The molecule has 1 fully saturated rings. The number of hydrogen-bond acceptors (Lipinski definition) is 6. The molecule has 0 aromatic heterocycles. The van der Waals surface area contributed by atoms with Gasteiger partial charge in [0.2, 0.25) is 11.6 Å². The third kappa shape index (κ3) is 4.02. The van der Waals surface area contributed by atoms with Crippen molar-refractivity contribution in [2.75, 3.05) is 20.2 Å². The van der Waals surface area contributed by atoms with Gasteiger partial charge in [-0.25, -0.2) is 0 Å². The molecule has 1 aromatic rings. The first-order chi connectivity index (χ1) is 14.1. The van der Waals surface area contributed by atoms with E-state index in [0.717, 1.165) is 12.1 Å². The molecule has 0 saturated carbocycles. The molecule has 5 atom stereocenters. The fourth-order valence-electron chi connectivity index (χ4n) is 4.29. The number of carbonyl (C=O) groups excluding carboxylic acids is 1. The van der Waals surface area contributed by atoms with E-state index in [1.807, 2.05) is 6.07 Å². The van der Waals surface area contributed by atoms with Crippen molar-refractivity contribution in [3.05, 3.63) is 29.3 Å². The van der Waals surface area contributed by atoms with Gasteiger partial charge in [0, 0.05) is 32.2 Å². The number of amides is 1. The largest absolute Gasteiger partial charge is 0.388 e. The molecule has 1 amide bonds. The minimum atomic E-state index is -1.41. The number of benzene rings is 1. The van der Waals surface area contributed by atoms with Crippen molar-refractivity contribution >= 4 is 17.3 Å². The topological polar surface area (TPSA) is 111 Å². The number of nitrogens with zero attached hydrogens (tertiary/aromatic N) is 1. The van der Waals surface area contributed by atoms with Gasteiger partial charge in [-0.05, 0) is 32.4 Å². The summed E-state index contributed by atoms with van der Waals surface area (Å²) in [4.78, 5) is 12.5. The highest BCUT2D eigenvalue weighted by molar-refractivity contribution is 5.93. The van der Waals surface area contributed by atoms with Gasteiger partial charge in [-0.15, -0.1) is 0 Å². The number of fused-ring (bicyclic) bond motifs is 1. The molecule has 30 heavy (non-hydrogen) atoms. The smallest absolute Gasteiger partial charge is 0.224 e. The molecule has 166 valence electrons. The molecule has 0 bridgehead atoms. The monoisotopic (exact) mass is 421 g/mol. The molecule has 4 N–H and O–H groups in total. The Kier molecular flexibility index (Phi) is 6.64. The normalized spacial score (nSPS) is 30.3. The molecule has 0 aliphatic carbocycles. The molecule has 1 saturated heterocycles. The predicted molar refractivity (Wildman–Crippen MR) is 111 cm³/mol. The van der Waals surface area contributed by atoms with Crippen molar-refractivity contribution in [3.63, 3.8) is 0 Å². The van der Waals surface area contributed by atoms with Crippen LogP contribution in [0.4, 0.5) is 5.69 Å². The zero-order valence-electron chi connectivity index (χ0n) is 18.3. The summed E-state index contributed by atoms with van der Waals surface area (Å²) in [5.41, 5.74) is 4.49. The Morgan fingerprint density at radius 3 is 2.57 bits per heavy atom. The Morgan fingerprint density at radius 1 is 1.23 bits per heavy atom. The van der Waals surface area contributed by atoms with E-state index in [2.05, 4.69) is 49.7 Å². The van der Waals surface area contributed by atoms with Gasteiger partial charge < -0.3 is 30.1 Å². The molecule has 0 radical (unpaired) electrons. The van der Waals surface area contributed by atoms with E-state index in [9.17, 15) is 20.1 Å². The van der Waals surface area contributed by atoms with E-state index in [1.165, 1.54) is 24.1 Å². The van der Waals surface area contributed by atoms with Crippen LogP contribution in [0.25, 0.3) is 0 Å². The molecule has 8 heteroatoms. The minimum Gasteiger partial charge on any atom is -0.388 e. The number of aliphatic hydroxyl groups is 3. The van der Waals surface area contributed by atoms with Crippen LogP contribution in [0.15, 0.2) is 18.2 Å². The first-order valence-electron chi connectivity index (χ1n) is 10.4. The molecular formula is C22H33N2O6+. The molecule has 8 nitrogen and oxygen atoms in total. The Balaban J connectivity index is 1.64. The number of hydrogen-bond donors (Lipinski definition) is 4. The number of aliphatic hydroxyl groups excluding tert-OH is 3. The van der Waals surface area contributed by atoms with Gasteiger partial charge in [-0.3, -0.25) is 4.79 Å². The molecule has 2 aliphatic heterocycles. The number of ether oxygens (including phenoxy) is 2. The van der Waals surface area contributed by atoms with E-state index in [0.29, 0.717) is 0 Å². The zero-order chi connectivity index (χ0) is 22.2. The summed E-state index contributed by atoms with van der Waals surface area (Å²) >= 11 is 0. The van der Waals surface area contributed by atoms with Gasteiger partial charge in [-0.1, -0.05) is 6.07 Å². The lowest BCUT2D eigenvalue weighted by atomic mass is 9.81. The van der Waals surface area contributed by atoms with Crippen molar-refractivity contribution in [3.8, 4) is 0 Å². The summed E-state index contributed by atoms with van der Waals surface area (Å²) in [6, 6.07) is 6.11. The maximum atomic E-state index is 12.5. The van der Waals surface area contributed by atoms with Gasteiger partial charge in [0.05, 0.1) is 11.8 Å². The highest BCUT2D eigenvalue weighted by Gasteiger charge is 2.44. The van der Waals surface area contributed by atoms with Crippen LogP contribution >= 0.6 is 0 Å². The van der Waals surface area contributed by atoms with Crippen LogP contribution in [0.1, 0.15) is 38.8 Å². The van der Waals surface area contributed by atoms with E-state index < -0.39 is 30.7 Å². The first kappa shape index (κ1) is 22.8. The van der Waals surface area contributed by atoms with Crippen LogP contribution in [-0.4, -0.2) is 82.4 Å². The van der Waals surface area contributed by atoms with Crippen molar-refractivity contribution < 1.29 is 34.2 Å². The zero-order valence-corrected chi connectivity index (χ0v) is 18.3. The number of rotatable bonds is 6. The van der Waals surface area contributed by atoms with Gasteiger partial charge in [0.15, 0.2) is 12.0 Å². The summed E-state index contributed by atoms with van der Waals surface area (Å²) in [6.07, 6.45) is -5.85. The predicted octanol–water partition coefficient (Wildman–Crippen LogP) is 0.215. The Hall–Kier alpha value is -1.84. The molecular weight excluding hydrogens is 388 g/mol. The van der Waals surface area contributed by atoms with Crippen LogP contribution in [0.2, 0.25) is 0 Å². The van der Waals surface area contributed by atoms with E-state index >= 15 is 0 Å². The molecule has 3 rings (SSSR count). The quantitative estimate of drug-likeness (QED) is 0.489. The summed E-state index contributed by atoms with van der Waals surface area (Å²) in [6.45, 7) is 9.54. The van der Waals surface area contributed by atoms with Gasteiger partial charge in [0.1, 0.15) is 31.0 Å². The van der Waals surface area contributed by atoms with Crippen LogP contribution < -0.4 is 5.32 Å². The number of methoxy groups -OCH3 is 1. The summed E-state index contributed by atoms with van der Waals surface area (Å²) in [5.74, 6) is -0.218. The fourth-order valence-corrected chi connectivity index (χ4v) is 4.29. The van der Waals surface area contributed by atoms with Gasteiger partial charge in [-0.2, -0.15) is 4.58 Å². The third-order valence-corrected chi connectivity index (χ3v) is 6.42. The van der Waals surface area contributed by atoms with Crippen molar-refractivity contribution in [2.24, 2.45) is 0 Å². The molecule has 2 aliphatic rings. The summed E-state index contributed by atoms with van der Waals surface area (Å²) < 4.78 is 12.7.